The highest BCUT2D eigenvalue weighted by molar-refractivity contribution is 7.13. The van der Waals surface area contributed by atoms with Crippen molar-refractivity contribution in [2.45, 2.75) is 20.0 Å². The van der Waals surface area contributed by atoms with E-state index < -0.39 is 0 Å². The second kappa shape index (κ2) is 5.79. The molecule has 2 rings (SSSR count). The Morgan fingerprint density at radius 1 is 1.37 bits per heavy atom. The third-order valence-electron chi connectivity index (χ3n) is 2.35. The van der Waals surface area contributed by atoms with Crippen LogP contribution in [0.4, 0.5) is 5.13 Å². The SMILES string of the molecule is CC(C)Oc1ccc(C(=O)N(C)c2nccs2)cn1. The van der Waals surface area contributed by atoms with Crippen LogP contribution in [0, 0.1) is 0 Å². The summed E-state index contributed by atoms with van der Waals surface area (Å²) in [6.45, 7) is 3.86. The van der Waals surface area contributed by atoms with Gasteiger partial charge >= 0.3 is 0 Å². The van der Waals surface area contributed by atoms with E-state index >= 15 is 0 Å². The zero-order valence-corrected chi connectivity index (χ0v) is 11.8. The van der Waals surface area contributed by atoms with Crippen molar-refractivity contribution < 1.29 is 9.53 Å². The number of aromatic nitrogens is 2. The Labute approximate surface area is 115 Å². The van der Waals surface area contributed by atoms with Crippen LogP contribution in [0.25, 0.3) is 0 Å². The van der Waals surface area contributed by atoms with Gasteiger partial charge in [-0.2, -0.15) is 0 Å². The van der Waals surface area contributed by atoms with E-state index in [-0.39, 0.29) is 12.0 Å². The molecule has 0 aliphatic heterocycles. The van der Waals surface area contributed by atoms with Gasteiger partial charge in [0.05, 0.1) is 11.7 Å². The van der Waals surface area contributed by atoms with Crippen LogP contribution in [0.1, 0.15) is 24.2 Å². The molecule has 0 unspecified atom stereocenters. The summed E-state index contributed by atoms with van der Waals surface area (Å²) in [5, 5.41) is 2.49. The number of carbonyl (C=O) groups excluding carboxylic acids is 1. The van der Waals surface area contributed by atoms with Crippen LogP contribution in [0.15, 0.2) is 29.9 Å². The lowest BCUT2D eigenvalue weighted by Crippen LogP contribution is -2.26. The van der Waals surface area contributed by atoms with Crippen molar-refractivity contribution in [3.63, 3.8) is 0 Å². The maximum atomic E-state index is 12.2. The average Bonchev–Trinajstić information content (AvgIpc) is 2.91. The zero-order valence-electron chi connectivity index (χ0n) is 11.0. The maximum Gasteiger partial charge on any atom is 0.261 e. The Morgan fingerprint density at radius 3 is 2.68 bits per heavy atom. The summed E-state index contributed by atoms with van der Waals surface area (Å²) < 4.78 is 5.44. The number of amides is 1. The number of thiazole rings is 1. The fourth-order valence-electron chi connectivity index (χ4n) is 1.48. The lowest BCUT2D eigenvalue weighted by atomic mass is 10.2. The maximum absolute atomic E-state index is 12.2. The van der Waals surface area contributed by atoms with Gasteiger partial charge in [0.2, 0.25) is 5.88 Å². The second-order valence-electron chi connectivity index (χ2n) is 4.23. The van der Waals surface area contributed by atoms with E-state index in [1.165, 1.54) is 22.4 Å². The van der Waals surface area contributed by atoms with Crippen LogP contribution in [0.5, 0.6) is 5.88 Å². The molecular weight excluding hydrogens is 262 g/mol. The molecule has 0 spiro atoms. The molecule has 0 aliphatic rings. The predicted octanol–water partition coefficient (Wildman–Crippen LogP) is 2.60. The molecule has 0 bridgehead atoms. The van der Waals surface area contributed by atoms with E-state index in [1.807, 2.05) is 19.2 Å². The highest BCUT2D eigenvalue weighted by atomic mass is 32.1. The van der Waals surface area contributed by atoms with Crippen LogP contribution in [0.2, 0.25) is 0 Å². The molecular formula is C13H15N3O2S. The largest absolute Gasteiger partial charge is 0.475 e. The molecule has 100 valence electrons. The molecule has 2 heterocycles. The first-order valence-electron chi connectivity index (χ1n) is 5.88. The Morgan fingerprint density at radius 2 is 2.16 bits per heavy atom. The molecule has 0 radical (unpaired) electrons. The standard InChI is InChI=1S/C13H15N3O2S/c1-9(2)18-11-5-4-10(8-15-11)12(17)16(3)13-14-6-7-19-13/h4-9H,1-3H3. The molecule has 19 heavy (non-hydrogen) atoms. The summed E-state index contributed by atoms with van der Waals surface area (Å²) in [7, 11) is 1.69. The van der Waals surface area contributed by atoms with Crippen LogP contribution in [-0.2, 0) is 0 Å². The predicted molar refractivity (Wildman–Crippen MR) is 74.8 cm³/mol. The molecule has 0 N–H and O–H groups in total. The Bertz CT molecular complexity index is 538. The number of hydrogen-bond donors (Lipinski definition) is 0. The lowest BCUT2D eigenvalue weighted by Gasteiger charge is -2.14. The Kier molecular flexibility index (Phi) is 4.11. The first-order chi connectivity index (χ1) is 9.08. The summed E-state index contributed by atoms with van der Waals surface area (Å²) in [5.74, 6) is 0.377. The Hall–Kier alpha value is -1.95. The van der Waals surface area contributed by atoms with Crippen molar-refractivity contribution >= 4 is 22.4 Å². The topological polar surface area (TPSA) is 55.3 Å². The van der Waals surface area contributed by atoms with Gasteiger partial charge in [-0.25, -0.2) is 9.97 Å². The fourth-order valence-corrected chi connectivity index (χ4v) is 2.09. The smallest absolute Gasteiger partial charge is 0.261 e. The quantitative estimate of drug-likeness (QED) is 0.862. The first kappa shape index (κ1) is 13.5. The third kappa shape index (κ3) is 3.29. The van der Waals surface area contributed by atoms with Crippen molar-refractivity contribution in [3.05, 3.63) is 35.5 Å². The molecule has 0 fully saturated rings. The van der Waals surface area contributed by atoms with Gasteiger partial charge in [-0.3, -0.25) is 9.69 Å². The summed E-state index contributed by atoms with van der Waals surface area (Å²) in [6.07, 6.45) is 3.25. The number of rotatable bonds is 4. The summed E-state index contributed by atoms with van der Waals surface area (Å²) in [6, 6.07) is 3.40. The highest BCUT2D eigenvalue weighted by Crippen LogP contribution is 2.18. The molecule has 2 aromatic heterocycles. The van der Waals surface area contributed by atoms with E-state index in [1.54, 1.807) is 25.4 Å². The lowest BCUT2D eigenvalue weighted by molar-refractivity contribution is 0.0992. The third-order valence-corrected chi connectivity index (χ3v) is 3.20. The molecule has 0 atom stereocenters. The normalized spacial score (nSPS) is 10.5. The number of ether oxygens (including phenoxy) is 1. The number of carbonyl (C=O) groups is 1. The van der Waals surface area contributed by atoms with E-state index in [0.717, 1.165) is 0 Å². The highest BCUT2D eigenvalue weighted by Gasteiger charge is 2.15. The molecule has 1 amide bonds. The van der Waals surface area contributed by atoms with Crippen molar-refractivity contribution in [3.8, 4) is 5.88 Å². The van der Waals surface area contributed by atoms with E-state index in [4.69, 9.17) is 4.74 Å². The van der Waals surface area contributed by atoms with Crippen molar-refractivity contribution in [2.24, 2.45) is 0 Å². The second-order valence-corrected chi connectivity index (χ2v) is 5.10. The van der Waals surface area contributed by atoms with Crippen LogP contribution in [-0.4, -0.2) is 29.0 Å². The number of pyridine rings is 1. The molecule has 5 nitrogen and oxygen atoms in total. The van der Waals surface area contributed by atoms with Gasteiger partial charge < -0.3 is 4.74 Å². The van der Waals surface area contributed by atoms with Gasteiger partial charge in [0.15, 0.2) is 5.13 Å². The molecule has 0 saturated heterocycles. The number of nitrogens with zero attached hydrogens (tertiary/aromatic N) is 3. The van der Waals surface area contributed by atoms with Crippen LogP contribution >= 0.6 is 11.3 Å². The van der Waals surface area contributed by atoms with E-state index in [0.29, 0.717) is 16.6 Å². The van der Waals surface area contributed by atoms with E-state index in [2.05, 4.69) is 9.97 Å². The summed E-state index contributed by atoms with van der Waals surface area (Å²) in [4.78, 5) is 21.9. The number of hydrogen-bond acceptors (Lipinski definition) is 5. The number of anilines is 1. The fraction of sp³-hybridized carbons (Fsp3) is 0.308. The van der Waals surface area contributed by atoms with Gasteiger partial charge in [0.1, 0.15) is 0 Å². The molecule has 0 saturated carbocycles. The van der Waals surface area contributed by atoms with Gasteiger partial charge in [-0.1, -0.05) is 0 Å². The van der Waals surface area contributed by atoms with E-state index in [9.17, 15) is 4.79 Å². The Balaban J connectivity index is 2.11. The van der Waals surface area contributed by atoms with Gasteiger partial charge in [-0.05, 0) is 19.9 Å². The zero-order chi connectivity index (χ0) is 13.8. The van der Waals surface area contributed by atoms with Gasteiger partial charge in [-0.15, -0.1) is 11.3 Å². The monoisotopic (exact) mass is 277 g/mol. The van der Waals surface area contributed by atoms with Gasteiger partial charge in [0, 0.05) is 30.9 Å². The summed E-state index contributed by atoms with van der Waals surface area (Å²) >= 11 is 1.41. The minimum Gasteiger partial charge on any atom is -0.475 e. The van der Waals surface area contributed by atoms with Crippen LogP contribution in [0.3, 0.4) is 0 Å². The minimum atomic E-state index is -0.140. The van der Waals surface area contributed by atoms with Crippen molar-refractivity contribution in [1.29, 1.82) is 0 Å². The van der Waals surface area contributed by atoms with Crippen LogP contribution < -0.4 is 9.64 Å². The average molecular weight is 277 g/mol. The first-order valence-corrected chi connectivity index (χ1v) is 6.76. The molecule has 6 heteroatoms. The van der Waals surface area contributed by atoms with Gasteiger partial charge in [0.25, 0.3) is 5.91 Å². The molecule has 0 aliphatic carbocycles. The van der Waals surface area contributed by atoms with Crippen molar-refractivity contribution in [2.75, 3.05) is 11.9 Å². The van der Waals surface area contributed by atoms with Crippen molar-refractivity contribution in [1.82, 2.24) is 9.97 Å². The molecule has 0 aromatic carbocycles. The minimum absolute atomic E-state index is 0.0621. The summed E-state index contributed by atoms with van der Waals surface area (Å²) in [5.41, 5.74) is 0.508. The molecule has 2 aromatic rings.